The molecule has 0 heterocycles. The number of rotatable bonds is 10. The third-order valence-electron chi connectivity index (χ3n) is 14.9. The van der Waals surface area contributed by atoms with Crippen LogP contribution < -0.4 is 0 Å². The molecule has 0 aromatic heterocycles. The second kappa shape index (κ2) is 19.3. The van der Waals surface area contributed by atoms with Crippen LogP contribution in [0.1, 0.15) is 170 Å². The van der Waals surface area contributed by atoms with E-state index >= 15 is 0 Å². The highest BCUT2D eigenvalue weighted by Gasteiger charge is 2.41. The quantitative estimate of drug-likeness (QED) is 0.243. The van der Waals surface area contributed by atoms with Crippen LogP contribution in [-0.2, 0) is 6.42 Å². The normalized spacial score (nSPS) is 32.3. The molecule has 5 aliphatic carbocycles. The van der Waals surface area contributed by atoms with Crippen molar-refractivity contribution in [2.75, 3.05) is 0 Å². The van der Waals surface area contributed by atoms with Crippen LogP contribution in [-0.4, -0.2) is 10.9 Å². The van der Waals surface area contributed by atoms with Gasteiger partial charge >= 0.3 is 0 Å². The first kappa shape index (κ1) is 40.8. The van der Waals surface area contributed by atoms with Crippen molar-refractivity contribution >= 4 is 21.7 Å². The van der Waals surface area contributed by atoms with Gasteiger partial charge in [-0.2, -0.15) is 0 Å². The van der Waals surface area contributed by atoms with Gasteiger partial charge in [-0.1, -0.05) is 106 Å². The number of carbonyl (C=O) groups excluding carboxylic acids is 1. The van der Waals surface area contributed by atoms with Crippen LogP contribution in [0.25, 0.3) is 0 Å². The Balaban J connectivity index is 0.000000181. The maximum atomic E-state index is 14.2. The maximum absolute atomic E-state index is 14.2. The summed E-state index contributed by atoms with van der Waals surface area (Å²) in [7, 11) is 0. The highest BCUT2D eigenvalue weighted by molar-refractivity contribution is 9.10. The Morgan fingerprint density at radius 1 is 0.698 bits per heavy atom. The summed E-state index contributed by atoms with van der Waals surface area (Å²) in [6.45, 7) is 8.77. The second-order valence-electron chi connectivity index (χ2n) is 18.0. The van der Waals surface area contributed by atoms with Gasteiger partial charge in [0.2, 0.25) is 0 Å². The van der Waals surface area contributed by atoms with Crippen molar-refractivity contribution in [3.05, 3.63) is 81.3 Å². The Morgan fingerprint density at radius 2 is 1.15 bits per heavy atom. The van der Waals surface area contributed by atoms with Crippen molar-refractivity contribution in [2.24, 2.45) is 53.3 Å². The minimum absolute atomic E-state index is 0.0446. The summed E-state index contributed by atoms with van der Waals surface area (Å²) in [6.07, 6.45) is 26.3. The third kappa shape index (κ3) is 9.94. The average Bonchev–Trinajstić information content (AvgIpc) is 3.52. The predicted octanol–water partition coefficient (Wildman–Crippen LogP) is 14.2. The zero-order chi connectivity index (χ0) is 37.5. The lowest BCUT2D eigenvalue weighted by Crippen LogP contribution is -2.30. The van der Waals surface area contributed by atoms with Crippen LogP contribution in [0.3, 0.4) is 0 Å². The summed E-state index contributed by atoms with van der Waals surface area (Å²) in [5.41, 5.74) is 2.45. The molecule has 2 unspecified atom stereocenters. The summed E-state index contributed by atoms with van der Waals surface area (Å²) in [5, 5.41) is 10.7. The van der Waals surface area contributed by atoms with Gasteiger partial charge in [0, 0.05) is 16.0 Å². The van der Waals surface area contributed by atoms with Gasteiger partial charge in [-0.15, -0.1) is 0 Å². The second-order valence-corrected chi connectivity index (χ2v) is 18.8. The number of fused-ring (bicyclic) bond motifs is 1. The van der Waals surface area contributed by atoms with Gasteiger partial charge in [0.15, 0.2) is 5.78 Å². The monoisotopic (exact) mass is 792 g/mol. The fourth-order valence-corrected chi connectivity index (χ4v) is 12.3. The van der Waals surface area contributed by atoms with E-state index in [0.717, 1.165) is 65.9 Å². The molecule has 2 aromatic carbocycles. The van der Waals surface area contributed by atoms with Crippen molar-refractivity contribution < 1.29 is 18.7 Å². The molecule has 2 aromatic rings. The molecule has 1 N–H and O–H groups in total. The first-order valence-corrected chi connectivity index (χ1v) is 22.6. The fraction of sp³-hybridized carbons (Fsp3) is 0.688. The van der Waals surface area contributed by atoms with Crippen LogP contribution in [0.5, 0.6) is 0 Å². The molecule has 5 aliphatic rings. The van der Waals surface area contributed by atoms with E-state index in [4.69, 9.17) is 0 Å². The number of halogens is 3. The molecular formula is C48H67BrF2O2. The lowest BCUT2D eigenvalue weighted by atomic mass is 9.66. The Morgan fingerprint density at radius 3 is 1.64 bits per heavy atom. The third-order valence-corrected chi connectivity index (χ3v) is 15.6. The first-order valence-electron chi connectivity index (χ1n) is 21.8. The topological polar surface area (TPSA) is 37.3 Å². The van der Waals surface area contributed by atoms with Gasteiger partial charge in [0.25, 0.3) is 0 Å². The number of benzene rings is 2. The van der Waals surface area contributed by atoms with E-state index in [-0.39, 0.29) is 23.3 Å². The van der Waals surface area contributed by atoms with E-state index in [1.165, 1.54) is 128 Å². The van der Waals surface area contributed by atoms with E-state index in [1.54, 1.807) is 18.2 Å². The predicted molar refractivity (Wildman–Crippen MR) is 218 cm³/mol. The molecule has 0 amide bonds. The Kier molecular flexibility index (Phi) is 14.9. The molecule has 0 radical (unpaired) electrons. The number of hydrogen-bond donors (Lipinski definition) is 1. The molecule has 4 saturated carbocycles. The molecule has 7 rings (SSSR count). The van der Waals surface area contributed by atoms with Crippen LogP contribution in [0, 0.1) is 64.9 Å². The van der Waals surface area contributed by atoms with Gasteiger partial charge < -0.3 is 5.11 Å². The minimum atomic E-state index is -0.924. The molecular weight excluding hydrogens is 726 g/mol. The summed E-state index contributed by atoms with van der Waals surface area (Å²) in [6, 6.07) is 9.96. The van der Waals surface area contributed by atoms with Crippen molar-refractivity contribution in [1.82, 2.24) is 0 Å². The van der Waals surface area contributed by atoms with E-state index in [9.17, 15) is 18.7 Å². The lowest BCUT2D eigenvalue weighted by molar-refractivity contribution is 0.0808. The molecule has 0 spiro atoms. The first-order chi connectivity index (χ1) is 25.7. The molecule has 5 heteroatoms. The van der Waals surface area contributed by atoms with E-state index in [0.29, 0.717) is 27.4 Å². The number of carbonyl (C=O) groups is 1. The molecule has 0 bridgehead atoms. The van der Waals surface area contributed by atoms with Crippen molar-refractivity contribution in [1.29, 1.82) is 0 Å². The van der Waals surface area contributed by atoms with Crippen LogP contribution in [0.15, 0.2) is 53.0 Å². The van der Waals surface area contributed by atoms with Gasteiger partial charge in [-0.3, -0.25) is 4.79 Å². The maximum Gasteiger partial charge on any atom is 0.169 e. The highest BCUT2D eigenvalue weighted by atomic mass is 79.9. The Hall–Kier alpha value is -1.85. The fourth-order valence-electron chi connectivity index (χ4n) is 11.8. The van der Waals surface area contributed by atoms with Crippen LogP contribution >= 0.6 is 15.9 Å². The number of aliphatic hydroxyl groups is 1. The number of aliphatic hydroxyl groups excluding tert-OH is 1. The Labute approximate surface area is 328 Å². The molecule has 2 atom stereocenters. The summed E-state index contributed by atoms with van der Waals surface area (Å²) in [5.74, 6) is 5.73. The van der Waals surface area contributed by atoms with Gasteiger partial charge in [0.1, 0.15) is 17.7 Å². The molecule has 4 fully saturated rings. The van der Waals surface area contributed by atoms with Gasteiger partial charge in [0.05, 0.1) is 5.56 Å². The van der Waals surface area contributed by atoms with Gasteiger partial charge in [-0.05, 0) is 160 Å². The molecule has 292 valence electrons. The standard InChI is InChI=1S/C24H34BrFO.C24H33FO/c1-3-5-17-8-10-19(11-9-17)20-14-12-18(13-15-20)16(2)24(27)23-21(25)6-4-7-22(23)26;1-2-4-16-7-9-17(10-8-16)18-11-13-19(14-12-18)21-15-20-5-3-6-22(25)23(20)24(21)26/h4,6-7,17-20,24,27H,2-3,5,8-15H2,1H3;3,5-6,16-19,21H,2,4,7-15H2,1H3. The average molecular weight is 794 g/mol. The number of ketones is 1. The zero-order valence-corrected chi connectivity index (χ0v) is 34.4. The Bertz CT molecular complexity index is 1470. The van der Waals surface area contributed by atoms with Crippen LogP contribution in [0.2, 0.25) is 0 Å². The number of Topliss-reactive ketones (excluding diaryl/α,β-unsaturated/α-hetero) is 1. The zero-order valence-electron chi connectivity index (χ0n) is 32.8. The molecule has 0 saturated heterocycles. The number of hydrogen-bond acceptors (Lipinski definition) is 2. The summed E-state index contributed by atoms with van der Waals surface area (Å²) < 4.78 is 28.9. The van der Waals surface area contributed by atoms with Crippen LogP contribution in [0.4, 0.5) is 8.78 Å². The summed E-state index contributed by atoms with van der Waals surface area (Å²) in [4.78, 5) is 12.8. The SMILES string of the molecule is C=C(C1CCC(C2CCC(CCC)CC2)CC1)C(O)c1c(F)cccc1Br.CCCC1CCC(C2CCC(C3Cc4cccc(F)c4C3=O)CC2)CC1. The largest absolute Gasteiger partial charge is 0.384 e. The molecule has 53 heavy (non-hydrogen) atoms. The van der Waals surface area contributed by atoms with E-state index in [1.807, 2.05) is 6.07 Å². The molecule has 2 nitrogen and oxygen atoms in total. The van der Waals surface area contributed by atoms with Crippen molar-refractivity contribution in [2.45, 2.75) is 155 Å². The van der Waals surface area contributed by atoms with E-state index in [2.05, 4.69) is 36.4 Å². The van der Waals surface area contributed by atoms with E-state index < -0.39 is 6.10 Å². The summed E-state index contributed by atoms with van der Waals surface area (Å²) >= 11 is 3.38. The minimum Gasteiger partial charge on any atom is -0.384 e. The van der Waals surface area contributed by atoms with Gasteiger partial charge in [-0.25, -0.2) is 8.78 Å². The lowest BCUT2D eigenvalue weighted by Gasteiger charge is -2.39. The smallest absolute Gasteiger partial charge is 0.169 e. The highest BCUT2D eigenvalue weighted by Crippen LogP contribution is 2.47. The molecule has 0 aliphatic heterocycles. The van der Waals surface area contributed by atoms with Crippen molar-refractivity contribution in [3.63, 3.8) is 0 Å². The van der Waals surface area contributed by atoms with Crippen molar-refractivity contribution in [3.8, 4) is 0 Å².